The zero-order valence-electron chi connectivity index (χ0n) is 11.4. The van der Waals surface area contributed by atoms with Gasteiger partial charge in [-0.15, -0.1) is 11.6 Å². The summed E-state index contributed by atoms with van der Waals surface area (Å²) < 4.78 is 2.37. The van der Waals surface area contributed by atoms with Gasteiger partial charge in [0.2, 0.25) is 0 Å². The molecule has 108 valence electrons. The lowest BCUT2D eigenvalue weighted by atomic mass is 9.74. The highest BCUT2D eigenvalue weighted by Gasteiger charge is 2.39. The largest absolute Gasteiger partial charge is 0.322 e. The van der Waals surface area contributed by atoms with Crippen LogP contribution in [0.25, 0.3) is 11.0 Å². The number of hydrogen-bond acceptors (Lipinski definition) is 1. The second-order valence-corrected chi connectivity index (χ2v) is 6.68. The molecule has 1 aliphatic rings. The Bertz CT molecular complexity index is 639. The van der Waals surface area contributed by atoms with Crippen LogP contribution in [-0.2, 0) is 12.0 Å². The zero-order valence-corrected chi connectivity index (χ0v) is 13.7. The van der Waals surface area contributed by atoms with Crippen molar-refractivity contribution < 1.29 is 0 Å². The van der Waals surface area contributed by atoms with Gasteiger partial charge in [0.15, 0.2) is 0 Å². The zero-order chi connectivity index (χ0) is 14.3. The Labute approximate surface area is 134 Å². The molecule has 20 heavy (non-hydrogen) atoms. The van der Waals surface area contributed by atoms with Gasteiger partial charge in [0.25, 0.3) is 0 Å². The summed E-state index contributed by atoms with van der Waals surface area (Å²) >= 11 is 18.3. The van der Waals surface area contributed by atoms with Crippen molar-refractivity contribution in [2.24, 2.45) is 0 Å². The Morgan fingerprint density at radius 1 is 1.25 bits per heavy atom. The fraction of sp³-hybridized carbons (Fsp3) is 0.533. The van der Waals surface area contributed by atoms with E-state index in [4.69, 9.17) is 39.8 Å². The van der Waals surface area contributed by atoms with Gasteiger partial charge in [-0.25, -0.2) is 4.98 Å². The Morgan fingerprint density at radius 2 is 1.95 bits per heavy atom. The molecule has 2 aromatic rings. The Balaban J connectivity index is 2.26. The number of rotatable bonds is 4. The maximum Gasteiger partial charge on any atom is 0.111 e. The molecule has 0 N–H and O–H groups in total. The first kappa shape index (κ1) is 14.5. The molecule has 1 aromatic carbocycles. The number of halogens is 3. The van der Waals surface area contributed by atoms with Crippen molar-refractivity contribution in [3.8, 4) is 0 Å². The van der Waals surface area contributed by atoms with Crippen LogP contribution >= 0.6 is 34.8 Å². The minimum Gasteiger partial charge on any atom is -0.322 e. The maximum atomic E-state index is 6.20. The summed E-state index contributed by atoms with van der Waals surface area (Å²) in [7, 11) is 0. The van der Waals surface area contributed by atoms with Crippen molar-refractivity contribution in [1.29, 1.82) is 0 Å². The van der Waals surface area contributed by atoms with E-state index in [1.54, 1.807) is 0 Å². The number of aromatic nitrogens is 2. The van der Waals surface area contributed by atoms with Crippen molar-refractivity contribution in [2.45, 2.75) is 44.6 Å². The summed E-state index contributed by atoms with van der Waals surface area (Å²) in [5.41, 5.74) is 2.19. The molecule has 3 rings (SSSR count). The van der Waals surface area contributed by atoms with E-state index in [2.05, 4.69) is 11.5 Å². The van der Waals surface area contributed by atoms with E-state index in [1.807, 2.05) is 12.1 Å². The van der Waals surface area contributed by atoms with E-state index in [1.165, 1.54) is 19.3 Å². The van der Waals surface area contributed by atoms with E-state index >= 15 is 0 Å². The summed E-state index contributed by atoms with van der Waals surface area (Å²) in [5.74, 6) is 1.62. The van der Waals surface area contributed by atoms with E-state index in [-0.39, 0.29) is 5.54 Å². The van der Waals surface area contributed by atoms with Crippen LogP contribution in [0.4, 0.5) is 0 Å². The molecule has 1 fully saturated rings. The molecule has 0 saturated heterocycles. The van der Waals surface area contributed by atoms with Crippen LogP contribution in [-0.4, -0.2) is 15.4 Å². The summed E-state index contributed by atoms with van der Waals surface area (Å²) in [6.07, 6.45) is 5.55. The minimum absolute atomic E-state index is 0.188. The molecule has 0 unspecified atom stereocenters. The second-order valence-electron chi connectivity index (χ2n) is 5.49. The van der Waals surface area contributed by atoms with Crippen LogP contribution in [0.1, 0.15) is 38.4 Å². The molecular weight excluding hydrogens is 315 g/mol. The van der Waals surface area contributed by atoms with Gasteiger partial charge in [0.05, 0.1) is 21.1 Å². The number of nitrogens with zero attached hydrogens (tertiary/aromatic N) is 2. The van der Waals surface area contributed by atoms with Crippen molar-refractivity contribution in [3.05, 3.63) is 28.0 Å². The van der Waals surface area contributed by atoms with Gasteiger partial charge < -0.3 is 4.57 Å². The van der Waals surface area contributed by atoms with Gasteiger partial charge >= 0.3 is 0 Å². The number of benzene rings is 1. The Kier molecular flexibility index (Phi) is 3.91. The summed E-state index contributed by atoms with van der Waals surface area (Å²) in [4.78, 5) is 4.74. The first-order chi connectivity index (χ1) is 9.61. The fourth-order valence-corrected chi connectivity index (χ4v) is 3.71. The van der Waals surface area contributed by atoms with Crippen molar-refractivity contribution in [1.82, 2.24) is 9.55 Å². The summed E-state index contributed by atoms with van der Waals surface area (Å²) in [6, 6.07) is 3.80. The van der Waals surface area contributed by atoms with Gasteiger partial charge in [-0.1, -0.05) is 30.1 Å². The topological polar surface area (TPSA) is 17.8 Å². The first-order valence-corrected chi connectivity index (χ1v) is 8.33. The molecule has 0 radical (unpaired) electrons. The molecule has 5 heteroatoms. The molecule has 0 atom stereocenters. The van der Waals surface area contributed by atoms with E-state index in [0.717, 1.165) is 29.7 Å². The summed E-state index contributed by atoms with van der Waals surface area (Å²) in [6.45, 7) is 2.24. The molecule has 0 bridgehead atoms. The van der Waals surface area contributed by atoms with Crippen LogP contribution in [0, 0.1) is 0 Å². The number of fused-ring (bicyclic) bond motifs is 1. The predicted molar refractivity (Wildman–Crippen MR) is 86.3 cm³/mol. The number of imidazole rings is 1. The highest BCUT2D eigenvalue weighted by molar-refractivity contribution is 6.42. The number of aryl methyl sites for hydroxylation is 1. The quantitative estimate of drug-likeness (QED) is 0.685. The predicted octanol–water partition coefficient (Wildman–Crippen LogP) is 5.41. The highest BCUT2D eigenvalue weighted by atomic mass is 35.5. The molecule has 1 saturated carbocycles. The van der Waals surface area contributed by atoms with Gasteiger partial charge in [-0.3, -0.25) is 0 Å². The Morgan fingerprint density at radius 3 is 2.50 bits per heavy atom. The molecule has 1 aromatic heterocycles. The second kappa shape index (κ2) is 5.40. The van der Waals surface area contributed by atoms with E-state index in [0.29, 0.717) is 15.9 Å². The monoisotopic (exact) mass is 330 g/mol. The normalized spacial score (nSPS) is 17.4. The van der Waals surface area contributed by atoms with Crippen LogP contribution in [0.15, 0.2) is 12.1 Å². The molecule has 1 heterocycles. The molecular formula is C15H17Cl3N2. The lowest BCUT2D eigenvalue weighted by Crippen LogP contribution is -2.41. The smallest absolute Gasteiger partial charge is 0.111 e. The minimum atomic E-state index is 0.188. The van der Waals surface area contributed by atoms with Crippen LogP contribution < -0.4 is 0 Å². The number of alkyl halides is 1. The van der Waals surface area contributed by atoms with E-state index < -0.39 is 0 Å². The maximum absolute atomic E-state index is 6.20. The van der Waals surface area contributed by atoms with Crippen molar-refractivity contribution in [3.63, 3.8) is 0 Å². The van der Waals surface area contributed by atoms with Gasteiger partial charge in [-0.2, -0.15) is 0 Å². The standard InChI is InChI=1S/C15H17Cl3N2/c1-2-15(5-3-6-15)20-13-9-11(18)10(17)8-12(13)19-14(20)4-7-16/h8-9H,2-7H2,1H3. The van der Waals surface area contributed by atoms with Crippen molar-refractivity contribution >= 4 is 45.8 Å². The molecule has 0 aliphatic heterocycles. The molecule has 0 spiro atoms. The lowest BCUT2D eigenvalue weighted by molar-refractivity contribution is 0.137. The van der Waals surface area contributed by atoms with Crippen LogP contribution in [0.5, 0.6) is 0 Å². The van der Waals surface area contributed by atoms with E-state index in [9.17, 15) is 0 Å². The molecule has 1 aliphatic carbocycles. The van der Waals surface area contributed by atoms with Crippen LogP contribution in [0.3, 0.4) is 0 Å². The van der Waals surface area contributed by atoms with Crippen LogP contribution in [0.2, 0.25) is 10.0 Å². The van der Waals surface area contributed by atoms with Gasteiger partial charge in [0.1, 0.15) is 5.82 Å². The first-order valence-electron chi connectivity index (χ1n) is 7.04. The third kappa shape index (κ3) is 2.13. The molecule has 0 amide bonds. The lowest BCUT2D eigenvalue weighted by Gasteiger charge is -2.44. The highest BCUT2D eigenvalue weighted by Crippen LogP contribution is 2.45. The third-order valence-corrected chi connectivity index (χ3v) is 5.41. The Hall–Kier alpha value is -0.440. The average molecular weight is 332 g/mol. The fourth-order valence-electron chi connectivity index (χ4n) is 3.22. The van der Waals surface area contributed by atoms with Gasteiger partial charge in [0, 0.05) is 17.8 Å². The average Bonchev–Trinajstić information content (AvgIpc) is 2.69. The van der Waals surface area contributed by atoms with Crippen molar-refractivity contribution in [2.75, 3.05) is 5.88 Å². The van der Waals surface area contributed by atoms with Gasteiger partial charge in [-0.05, 0) is 37.8 Å². The third-order valence-electron chi connectivity index (χ3n) is 4.50. The molecule has 2 nitrogen and oxygen atoms in total. The number of hydrogen-bond donors (Lipinski definition) is 0. The summed E-state index contributed by atoms with van der Waals surface area (Å²) in [5, 5.41) is 1.14. The SMILES string of the molecule is CCC1(n2c(CCCl)nc3cc(Cl)c(Cl)cc32)CCC1.